The third-order valence-electron chi connectivity index (χ3n) is 5.56. The molecular formula is C21H27N5O2. The van der Waals surface area contributed by atoms with Gasteiger partial charge in [-0.05, 0) is 32.0 Å². The molecule has 1 fully saturated rings. The van der Waals surface area contributed by atoms with Crippen LogP contribution in [0.15, 0.2) is 42.9 Å². The summed E-state index contributed by atoms with van der Waals surface area (Å²) in [6.07, 6.45) is 9.01. The van der Waals surface area contributed by atoms with Crippen molar-refractivity contribution in [2.45, 2.75) is 25.3 Å². The Bertz CT molecular complexity index is 955. The Balaban J connectivity index is 1.57. The maximum absolute atomic E-state index is 12.9. The number of nitrogens with one attached hydrogen (secondary N) is 1. The van der Waals surface area contributed by atoms with Crippen LogP contribution < -0.4 is 10.1 Å². The van der Waals surface area contributed by atoms with E-state index in [2.05, 4.69) is 21.4 Å². The Morgan fingerprint density at radius 1 is 1.21 bits per heavy atom. The Morgan fingerprint density at radius 3 is 2.79 bits per heavy atom. The van der Waals surface area contributed by atoms with Crippen LogP contribution >= 0.6 is 0 Å². The van der Waals surface area contributed by atoms with E-state index in [1.165, 1.54) is 19.3 Å². The monoisotopic (exact) mass is 381 g/mol. The molecule has 0 radical (unpaired) electrons. The zero-order chi connectivity index (χ0) is 19.5. The van der Waals surface area contributed by atoms with Crippen LogP contribution in [0.3, 0.4) is 0 Å². The lowest BCUT2D eigenvalue weighted by molar-refractivity contribution is 0.0924. The molecule has 1 N–H and O–H groups in total. The number of imidazole rings is 1. The molecule has 0 aliphatic carbocycles. The van der Waals surface area contributed by atoms with E-state index in [0.29, 0.717) is 12.1 Å². The number of ether oxygens (including phenoxy) is 1. The Hall–Kier alpha value is -2.80. The highest BCUT2D eigenvalue weighted by Gasteiger charge is 2.26. The molecule has 3 heterocycles. The Labute approximate surface area is 164 Å². The van der Waals surface area contributed by atoms with Crippen LogP contribution in [-0.4, -0.2) is 51.7 Å². The molecule has 3 aromatic rings. The van der Waals surface area contributed by atoms with Crippen molar-refractivity contribution in [2.24, 2.45) is 7.05 Å². The van der Waals surface area contributed by atoms with Crippen LogP contribution in [0.2, 0.25) is 0 Å². The van der Waals surface area contributed by atoms with Gasteiger partial charge >= 0.3 is 0 Å². The summed E-state index contributed by atoms with van der Waals surface area (Å²) in [5.74, 6) is 0.761. The standard InChI is InChI=1S/C21H27N5O2/c1-24-12-13-26-21(24)17(14-23-26)20(27)22-15-18(25-10-6-3-7-11-25)16-8-4-5-9-19(16)28-2/h4-5,8-9,12-14,18H,3,6-7,10-11,15H2,1-2H3,(H,22,27). The second kappa shape index (κ2) is 8.06. The van der Waals surface area contributed by atoms with E-state index in [9.17, 15) is 4.79 Å². The predicted molar refractivity (Wildman–Crippen MR) is 108 cm³/mol. The number of rotatable bonds is 6. The van der Waals surface area contributed by atoms with Crippen molar-refractivity contribution in [3.05, 3.63) is 54.0 Å². The van der Waals surface area contributed by atoms with Gasteiger partial charge < -0.3 is 14.6 Å². The number of benzene rings is 1. The first-order valence-corrected chi connectivity index (χ1v) is 9.83. The number of fused-ring (bicyclic) bond motifs is 1. The minimum Gasteiger partial charge on any atom is -0.496 e. The lowest BCUT2D eigenvalue weighted by Gasteiger charge is -2.35. The topological polar surface area (TPSA) is 63.8 Å². The number of hydrogen-bond donors (Lipinski definition) is 1. The third kappa shape index (κ3) is 3.49. The molecule has 7 nitrogen and oxygen atoms in total. The van der Waals surface area contributed by atoms with Crippen LogP contribution in [-0.2, 0) is 7.05 Å². The number of methoxy groups -OCH3 is 1. The van der Waals surface area contributed by atoms with Crippen LogP contribution in [0.25, 0.3) is 5.65 Å². The average molecular weight is 381 g/mol. The molecule has 1 aliphatic rings. The number of likely N-dealkylation sites (tertiary alicyclic amines) is 1. The first-order chi connectivity index (χ1) is 13.7. The van der Waals surface area contributed by atoms with E-state index in [0.717, 1.165) is 30.0 Å². The third-order valence-corrected chi connectivity index (χ3v) is 5.56. The summed E-state index contributed by atoms with van der Waals surface area (Å²) in [6.45, 7) is 2.60. The van der Waals surface area contributed by atoms with Gasteiger partial charge in [0.1, 0.15) is 17.0 Å². The number of aromatic nitrogens is 3. The molecule has 28 heavy (non-hydrogen) atoms. The number of carbonyl (C=O) groups is 1. The summed E-state index contributed by atoms with van der Waals surface area (Å²) in [4.78, 5) is 15.4. The quantitative estimate of drug-likeness (QED) is 0.713. The van der Waals surface area contributed by atoms with Gasteiger partial charge in [-0.25, -0.2) is 4.52 Å². The molecule has 1 aromatic carbocycles. The van der Waals surface area contributed by atoms with Gasteiger partial charge in [-0.3, -0.25) is 9.69 Å². The number of piperidine rings is 1. The van der Waals surface area contributed by atoms with E-state index in [4.69, 9.17) is 4.74 Å². The normalized spacial score (nSPS) is 16.2. The summed E-state index contributed by atoms with van der Waals surface area (Å²) >= 11 is 0. The predicted octanol–water partition coefficient (Wildman–Crippen LogP) is 2.64. The van der Waals surface area contributed by atoms with Gasteiger partial charge in [-0.1, -0.05) is 24.6 Å². The first kappa shape index (κ1) is 18.6. The minimum atomic E-state index is -0.103. The van der Waals surface area contributed by atoms with Gasteiger partial charge in [-0.2, -0.15) is 5.10 Å². The van der Waals surface area contributed by atoms with Crippen LogP contribution in [0.1, 0.15) is 41.2 Å². The van der Waals surface area contributed by atoms with Gasteiger partial charge in [0, 0.05) is 31.5 Å². The maximum atomic E-state index is 12.9. The van der Waals surface area contributed by atoms with Crippen LogP contribution in [0.4, 0.5) is 0 Å². The second-order valence-corrected chi connectivity index (χ2v) is 7.30. The highest BCUT2D eigenvalue weighted by molar-refractivity contribution is 5.99. The second-order valence-electron chi connectivity index (χ2n) is 7.30. The smallest absolute Gasteiger partial charge is 0.256 e. The Morgan fingerprint density at radius 2 is 2.00 bits per heavy atom. The fraction of sp³-hybridized carbons (Fsp3) is 0.429. The largest absolute Gasteiger partial charge is 0.496 e. The molecule has 0 bridgehead atoms. The SMILES string of the molecule is COc1ccccc1C(CNC(=O)c1cnn2ccn(C)c12)N1CCCCC1. The number of amides is 1. The van der Waals surface area contributed by atoms with E-state index >= 15 is 0 Å². The molecule has 1 aliphatic heterocycles. The molecule has 148 valence electrons. The van der Waals surface area contributed by atoms with Gasteiger partial charge in [0.2, 0.25) is 0 Å². The van der Waals surface area contributed by atoms with Crippen LogP contribution in [0, 0.1) is 0 Å². The average Bonchev–Trinajstić information content (AvgIpc) is 3.32. The Kier molecular flexibility index (Phi) is 5.34. The summed E-state index contributed by atoms with van der Waals surface area (Å²) < 4.78 is 9.23. The number of para-hydroxylation sites is 1. The number of carbonyl (C=O) groups excluding carboxylic acids is 1. The molecule has 1 unspecified atom stereocenters. The van der Waals surface area contributed by atoms with Crippen LogP contribution in [0.5, 0.6) is 5.75 Å². The van der Waals surface area contributed by atoms with E-state index in [1.54, 1.807) is 17.8 Å². The fourth-order valence-electron chi connectivity index (χ4n) is 4.10. The first-order valence-electron chi connectivity index (χ1n) is 9.83. The van der Waals surface area contributed by atoms with Gasteiger partial charge in [0.15, 0.2) is 0 Å². The van der Waals surface area contributed by atoms with Gasteiger partial charge in [0.25, 0.3) is 5.91 Å². The van der Waals surface area contributed by atoms with E-state index in [1.807, 2.05) is 42.2 Å². The van der Waals surface area contributed by atoms with Crippen molar-refractivity contribution in [1.82, 2.24) is 24.4 Å². The molecule has 7 heteroatoms. The highest BCUT2D eigenvalue weighted by atomic mass is 16.5. The van der Waals surface area contributed by atoms with Crippen molar-refractivity contribution in [1.29, 1.82) is 0 Å². The van der Waals surface area contributed by atoms with Crippen molar-refractivity contribution < 1.29 is 9.53 Å². The summed E-state index contributed by atoms with van der Waals surface area (Å²) in [5.41, 5.74) is 2.50. The highest BCUT2D eigenvalue weighted by Crippen LogP contribution is 2.31. The van der Waals surface area contributed by atoms with E-state index in [-0.39, 0.29) is 11.9 Å². The molecule has 2 aromatic heterocycles. The fourth-order valence-corrected chi connectivity index (χ4v) is 4.10. The van der Waals surface area contributed by atoms with Crippen molar-refractivity contribution >= 4 is 11.6 Å². The molecule has 0 spiro atoms. The van der Waals surface area contributed by atoms with Crippen molar-refractivity contribution in [3.8, 4) is 5.75 Å². The number of hydrogen-bond acceptors (Lipinski definition) is 4. The zero-order valence-electron chi connectivity index (χ0n) is 16.5. The number of nitrogens with zero attached hydrogens (tertiary/aromatic N) is 4. The van der Waals surface area contributed by atoms with Crippen molar-refractivity contribution in [3.63, 3.8) is 0 Å². The summed E-state index contributed by atoms with van der Waals surface area (Å²) in [6, 6.07) is 8.17. The molecule has 0 saturated carbocycles. The lowest BCUT2D eigenvalue weighted by Crippen LogP contribution is -2.40. The summed E-state index contributed by atoms with van der Waals surface area (Å²) in [7, 11) is 3.61. The molecule has 4 rings (SSSR count). The zero-order valence-corrected chi connectivity index (χ0v) is 16.5. The van der Waals surface area contributed by atoms with Crippen molar-refractivity contribution in [2.75, 3.05) is 26.7 Å². The van der Waals surface area contributed by atoms with Gasteiger partial charge in [-0.15, -0.1) is 0 Å². The summed E-state index contributed by atoms with van der Waals surface area (Å²) in [5, 5.41) is 7.41. The van der Waals surface area contributed by atoms with E-state index < -0.39 is 0 Å². The molecule has 1 atom stereocenters. The minimum absolute atomic E-state index is 0.0832. The maximum Gasteiger partial charge on any atom is 0.256 e. The molecular weight excluding hydrogens is 354 g/mol. The lowest BCUT2D eigenvalue weighted by atomic mass is 10.0. The molecule has 1 amide bonds. The number of aryl methyl sites for hydroxylation is 1. The molecule has 1 saturated heterocycles. The van der Waals surface area contributed by atoms with Gasteiger partial charge in [0.05, 0.1) is 19.3 Å².